The molecule has 0 spiro atoms. The van der Waals surface area contributed by atoms with Gasteiger partial charge in [-0.2, -0.15) is 0 Å². The average molecular weight is 216 g/mol. The van der Waals surface area contributed by atoms with Crippen molar-refractivity contribution in [2.75, 3.05) is 0 Å². The van der Waals surface area contributed by atoms with Crippen LogP contribution in [0, 0.1) is 6.42 Å². The van der Waals surface area contributed by atoms with Gasteiger partial charge in [0.15, 0.2) is 0 Å². The lowest BCUT2D eigenvalue weighted by molar-refractivity contribution is -0.147. The Bertz CT molecular complexity index is 251. The van der Waals surface area contributed by atoms with Crippen molar-refractivity contribution in [1.29, 1.82) is 0 Å². The summed E-state index contributed by atoms with van der Waals surface area (Å²) >= 11 is 0. The molecular weight excluding hydrogens is 202 g/mol. The van der Waals surface area contributed by atoms with Crippen molar-refractivity contribution < 1.29 is 24.6 Å². The normalized spacial score (nSPS) is 11.8. The third kappa shape index (κ3) is 6.48. The molecule has 0 heterocycles. The minimum Gasteiger partial charge on any atom is -0.481 e. The number of rotatable bonds is 7. The van der Waals surface area contributed by atoms with Crippen LogP contribution in [0.4, 0.5) is 0 Å². The third-order valence-corrected chi connectivity index (χ3v) is 1.67. The minimum atomic E-state index is -1.35. The molecule has 0 aliphatic carbocycles. The molecule has 0 rings (SSSR count). The van der Waals surface area contributed by atoms with Crippen LogP contribution < -0.4 is 5.32 Å². The Hall–Kier alpha value is -1.59. The Morgan fingerprint density at radius 2 is 1.93 bits per heavy atom. The number of hydrogen-bond donors (Lipinski definition) is 3. The zero-order chi connectivity index (χ0) is 11.8. The Balaban J connectivity index is 4.10. The lowest BCUT2D eigenvalue weighted by Crippen LogP contribution is -2.42. The SMILES string of the molecule is C[CH]CCC(=O)N[C@@H](CC(=O)O)C(=O)O. The van der Waals surface area contributed by atoms with Crippen LogP contribution in [0.15, 0.2) is 0 Å². The first kappa shape index (κ1) is 13.4. The van der Waals surface area contributed by atoms with Gasteiger partial charge in [-0.3, -0.25) is 9.59 Å². The van der Waals surface area contributed by atoms with Gasteiger partial charge in [-0.05, 0) is 12.8 Å². The molecule has 0 aromatic carbocycles. The summed E-state index contributed by atoms with van der Waals surface area (Å²) < 4.78 is 0. The second-order valence-corrected chi connectivity index (χ2v) is 3.00. The number of carboxylic acid groups (broad SMARTS) is 2. The molecule has 1 radical (unpaired) electrons. The van der Waals surface area contributed by atoms with Gasteiger partial charge in [0.1, 0.15) is 6.04 Å². The molecule has 0 aromatic rings. The number of nitrogens with one attached hydrogen (secondary N) is 1. The molecule has 0 unspecified atom stereocenters. The van der Waals surface area contributed by atoms with Gasteiger partial charge in [0.25, 0.3) is 0 Å². The molecule has 1 atom stereocenters. The van der Waals surface area contributed by atoms with Gasteiger partial charge in [-0.25, -0.2) is 4.79 Å². The fourth-order valence-corrected chi connectivity index (χ4v) is 0.917. The summed E-state index contributed by atoms with van der Waals surface area (Å²) in [5.74, 6) is -3.06. The summed E-state index contributed by atoms with van der Waals surface area (Å²) in [5, 5.41) is 19.2. The minimum absolute atomic E-state index is 0.167. The number of aliphatic carboxylic acids is 2. The molecule has 0 bridgehead atoms. The van der Waals surface area contributed by atoms with E-state index in [-0.39, 0.29) is 6.42 Å². The van der Waals surface area contributed by atoms with Crippen LogP contribution in [0.3, 0.4) is 0 Å². The highest BCUT2D eigenvalue weighted by molar-refractivity contribution is 5.86. The van der Waals surface area contributed by atoms with Crippen molar-refractivity contribution in [2.45, 2.75) is 32.2 Å². The fraction of sp³-hybridized carbons (Fsp3) is 0.556. The summed E-state index contributed by atoms with van der Waals surface area (Å²) in [6, 6.07) is -1.35. The molecular formula is C9H14NO5. The largest absolute Gasteiger partial charge is 0.481 e. The number of carbonyl (C=O) groups excluding carboxylic acids is 1. The average Bonchev–Trinajstić information content (AvgIpc) is 2.12. The van der Waals surface area contributed by atoms with Crippen molar-refractivity contribution in [3.63, 3.8) is 0 Å². The maximum Gasteiger partial charge on any atom is 0.326 e. The van der Waals surface area contributed by atoms with Crippen molar-refractivity contribution in [1.82, 2.24) is 5.32 Å². The highest BCUT2D eigenvalue weighted by Gasteiger charge is 2.22. The standard InChI is InChI=1S/C9H14NO5/c1-2-3-4-7(11)10-6(9(14)15)5-8(12)13/h2,6H,3-5H2,1H3,(H,10,11)(H,12,13)(H,14,15)/t6-/m0/s1. The molecule has 6 heteroatoms. The van der Waals surface area contributed by atoms with E-state index in [1.807, 2.05) is 0 Å². The molecule has 1 amide bonds. The second-order valence-electron chi connectivity index (χ2n) is 3.00. The maximum atomic E-state index is 11.1. The molecule has 3 N–H and O–H groups in total. The van der Waals surface area contributed by atoms with Gasteiger partial charge in [0.2, 0.25) is 5.91 Å². The van der Waals surface area contributed by atoms with Crippen LogP contribution in [0.25, 0.3) is 0 Å². The van der Waals surface area contributed by atoms with E-state index in [0.29, 0.717) is 6.42 Å². The van der Waals surface area contributed by atoms with Crippen LogP contribution in [0.5, 0.6) is 0 Å². The van der Waals surface area contributed by atoms with Crippen molar-refractivity contribution in [2.24, 2.45) is 0 Å². The summed E-state index contributed by atoms with van der Waals surface area (Å²) in [5.41, 5.74) is 0. The summed E-state index contributed by atoms with van der Waals surface area (Å²) in [6.07, 6.45) is 1.86. The van der Waals surface area contributed by atoms with E-state index in [4.69, 9.17) is 10.2 Å². The first-order valence-electron chi connectivity index (χ1n) is 4.49. The van der Waals surface area contributed by atoms with E-state index >= 15 is 0 Å². The molecule has 15 heavy (non-hydrogen) atoms. The molecule has 0 aromatic heterocycles. The number of carboxylic acids is 2. The van der Waals surface area contributed by atoms with Crippen LogP contribution in [-0.4, -0.2) is 34.1 Å². The predicted octanol–water partition coefficient (Wildman–Crippen LogP) is 0.0349. The summed E-state index contributed by atoms with van der Waals surface area (Å²) in [6.45, 7) is 1.78. The fourth-order valence-electron chi connectivity index (χ4n) is 0.917. The highest BCUT2D eigenvalue weighted by atomic mass is 16.4. The van der Waals surface area contributed by atoms with Crippen molar-refractivity contribution in [3.8, 4) is 0 Å². The molecule has 0 fully saturated rings. The summed E-state index contributed by atoms with van der Waals surface area (Å²) in [4.78, 5) is 32.0. The lowest BCUT2D eigenvalue weighted by atomic mass is 10.2. The number of carbonyl (C=O) groups is 3. The Morgan fingerprint density at radius 3 is 2.33 bits per heavy atom. The van der Waals surface area contributed by atoms with E-state index in [2.05, 4.69) is 5.32 Å². The van der Waals surface area contributed by atoms with E-state index in [9.17, 15) is 14.4 Å². The summed E-state index contributed by atoms with van der Waals surface area (Å²) in [7, 11) is 0. The molecule has 0 saturated heterocycles. The zero-order valence-corrected chi connectivity index (χ0v) is 8.40. The molecule has 6 nitrogen and oxygen atoms in total. The predicted molar refractivity (Wildman–Crippen MR) is 51.0 cm³/mol. The third-order valence-electron chi connectivity index (χ3n) is 1.67. The van der Waals surface area contributed by atoms with E-state index in [1.165, 1.54) is 0 Å². The van der Waals surface area contributed by atoms with E-state index < -0.39 is 30.3 Å². The Labute approximate surface area is 87.3 Å². The van der Waals surface area contributed by atoms with Gasteiger partial charge in [-0.1, -0.05) is 6.92 Å². The topological polar surface area (TPSA) is 104 Å². The molecule has 0 aliphatic rings. The van der Waals surface area contributed by atoms with Gasteiger partial charge in [0.05, 0.1) is 6.42 Å². The Morgan fingerprint density at radius 1 is 1.33 bits per heavy atom. The number of amides is 1. The van der Waals surface area contributed by atoms with Crippen LogP contribution in [-0.2, 0) is 14.4 Å². The first-order chi connectivity index (χ1) is 6.97. The van der Waals surface area contributed by atoms with Crippen LogP contribution >= 0.6 is 0 Å². The van der Waals surface area contributed by atoms with Crippen LogP contribution in [0.2, 0.25) is 0 Å². The van der Waals surface area contributed by atoms with Gasteiger partial charge in [-0.15, -0.1) is 0 Å². The number of hydrogen-bond acceptors (Lipinski definition) is 3. The zero-order valence-electron chi connectivity index (χ0n) is 8.40. The second kappa shape index (κ2) is 6.80. The van der Waals surface area contributed by atoms with Gasteiger partial charge in [0, 0.05) is 6.42 Å². The molecule has 85 valence electrons. The quantitative estimate of drug-likeness (QED) is 0.557. The smallest absolute Gasteiger partial charge is 0.326 e. The lowest BCUT2D eigenvalue weighted by Gasteiger charge is -2.11. The van der Waals surface area contributed by atoms with Crippen molar-refractivity contribution in [3.05, 3.63) is 6.42 Å². The van der Waals surface area contributed by atoms with Gasteiger partial charge >= 0.3 is 11.9 Å². The van der Waals surface area contributed by atoms with E-state index in [1.54, 1.807) is 13.3 Å². The van der Waals surface area contributed by atoms with E-state index in [0.717, 1.165) is 0 Å². The maximum absolute atomic E-state index is 11.1. The monoisotopic (exact) mass is 216 g/mol. The highest BCUT2D eigenvalue weighted by Crippen LogP contribution is 1.97. The number of unbranched alkanes of at least 4 members (excludes halogenated alkanes) is 1. The van der Waals surface area contributed by atoms with Crippen molar-refractivity contribution >= 4 is 17.8 Å². The van der Waals surface area contributed by atoms with Gasteiger partial charge < -0.3 is 15.5 Å². The van der Waals surface area contributed by atoms with Crippen LogP contribution in [0.1, 0.15) is 26.2 Å². The molecule has 0 aliphatic heterocycles. The molecule has 0 saturated carbocycles. The first-order valence-corrected chi connectivity index (χ1v) is 4.49. The Kier molecular flexibility index (Phi) is 6.08.